The Hall–Kier alpha value is -0.0800. The number of hydrogen-bond donors (Lipinski definition) is 0. The molecule has 22 heavy (non-hydrogen) atoms. The second-order valence-electron chi connectivity index (χ2n) is 8.50. The second kappa shape index (κ2) is 8.15. The maximum Gasteiger partial charge on any atom is 0.0890 e. The summed E-state index contributed by atoms with van der Waals surface area (Å²) in [6.45, 7) is 4.35. The number of likely N-dealkylation sites (tertiary alicyclic amines) is 1. The molecule has 1 saturated heterocycles. The average molecular weight is 308 g/mol. The Labute approximate surface area is 137 Å². The van der Waals surface area contributed by atoms with Crippen LogP contribution in [-0.4, -0.2) is 36.8 Å². The van der Waals surface area contributed by atoms with Gasteiger partial charge < -0.3 is 9.59 Å². The fraction of sp³-hybridized carbons (Fsp3) is 1.00. The second-order valence-corrected chi connectivity index (χ2v) is 8.50. The van der Waals surface area contributed by atoms with Crippen molar-refractivity contribution in [3.63, 3.8) is 0 Å². The van der Waals surface area contributed by atoms with Gasteiger partial charge in [0.15, 0.2) is 0 Å². The van der Waals surface area contributed by atoms with Crippen LogP contribution in [0.15, 0.2) is 0 Å². The molecule has 0 bridgehead atoms. The van der Waals surface area contributed by atoms with Gasteiger partial charge in [-0.15, -0.1) is 6.61 Å². The fourth-order valence-electron chi connectivity index (χ4n) is 5.94. The van der Waals surface area contributed by atoms with Gasteiger partial charge in [0.05, 0.1) is 25.7 Å². The van der Waals surface area contributed by atoms with E-state index in [2.05, 4.69) is 0 Å². The lowest BCUT2D eigenvalue weighted by Crippen LogP contribution is -2.55. The van der Waals surface area contributed by atoms with Crippen LogP contribution in [0.4, 0.5) is 0 Å². The molecule has 1 aliphatic heterocycles. The quantitative estimate of drug-likeness (QED) is 0.539. The van der Waals surface area contributed by atoms with Crippen LogP contribution in [-0.2, 0) is 0 Å². The Morgan fingerprint density at radius 2 is 1.41 bits per heavy atom. The van der Waals surface area contributed by atoms with Gasteiger partial charge in [-0.1, -0.05) is 32.1 Å². The van der Waals surface area contributed by atoms with Gasteiger partial charge in [0, 0.05) is 12.3 Å². The van der Waals surface area contributed by atoms with Crippen molar-refractivity contribution in [2.24, 2.45) is 11.8 Å². The van der Waals surface area contributed by atoms with Crippen LogP contribution < -0.4 is 5.11 Å². The maximum atomic E-state index is 10.9. The highest BCUT2D eigenvalue weighted by Crippen LogP contribution is 2.41. The van der Waals surface area contributed by atoms with Gasteiger partial charge in [0.2, 0.25) is 0 Å². The summed E-state index contributed by atoms with van der Waals surface area (Å²) in [5.74, 6) is 2.05. The number of nitrogens with zero attached hydrogens (tertiary/aromatic N) is 1. The first-order chi connectivity index (χ1) is 10.8. The first kappa shape index (κ1) is 16.8. The van der Waals surface area contributed by atoms with Crippen LogP contribution in [0.2, 0.25) is 0 Å². The lowest BCUT2D eigenvalue weighted by Gasteiger charge is -2.44. The van der Waals surface area contributed by atoms with Crippen molar-refractivity contribution in [2.45, 2.75) is 89.5 Å². The van der Waals surface area contributed by atoms with E-state index in [4.69, 9.17) is 0 Å². The summed E-state index contributed by atoms with van der Waals surface area (Å²) in [6.07, 6.45) is 18.4. The molecular formula is C20H37NO. The highest BCUT2D eigenvalue weighted by atomic mass is 16.2. The van der Waals surface area contributed by atoms with E-state index in [0.717, 1.165) is 24.3 Å². The Bertz CT molecular complexity index is 320. The molecule has 2 unspecified atom stereocenters. The molecule has 0 radical (unpaired) electrons. The number of quaternary nitrogens is 1. The number of rotatable bonds is 6. The molecule has 0 spiro atoms. The minimum absolute atomic E-state index is 0.136. The molecule has 2 heteroatoms. The van der Waals surface area contributed by atoms with E-state index < -0.39 is 0 Å². The third kappa shape index (κ3) is 3.87. The Morgan fingerprint density at radius 1 is 0.727 bits per heavy atom. The zero-order chi connectivity index (χ0) is 15.3. The van der Waals surface area contributed by atoms with Gasteiger partial charge in [-0.2, -0.15) is 0 Å². The van der Waals surface area contributed by atoms with Crippen LogP contribution in [0.5, 0.6) is 0 Å². The van der Waals surface area contributed by atoms with E-state index in [1.807, 2.05) is 0 Å². The zero-order valence-corrected chi connectivity index (χ0v) is 14.6. The van der Waals surface area contributed by atoms with E-state index in [9.17, 15) is 5.11 Å². The SMILES string of the molecule is [O-]CCCC[N+]1(C2CCCCC2)CCC(C2CCCCC2)C1. The minimum Gasteiger partial charge on any atom is -0.854 e. The molecule has 0 aromatic rings. The van der Waals surface area contributed by atoms with Crippen molar-refractivity contribution in [1.82, 2.24) is 0 Å². The van der Waals surface area contributed by atoms with Crippen molar-refractivity contribution in [3.8, 4) is 0 Å². The maximum absolute atomic E-state index is 10.9. The van der Waals surface area contributed by atoms with Crippen LogP contribution in [0.25, 0.3) is 0 Å². The highest BCUT2D eigenvalue weighted by Gasteiger charge is 2.45. The lowest BCUT2D eigenvalue weighted by molar-refractivity contribution is -0.943. The summed E-state index contributed by atoms with van der Waals surface area (Å²) in [5, 5.41) is 10.9. The van der Waals surface area contributed by atoms with Gasteiger partial charge in [-0.25, -0.2) is 0 Å². The predicted octanol–water partition coefficient (Wildman–Crippen LogP) is 3.88. The van der Waals surface area contributed by atoms with Crippen molar-refractivity contribution >= 4 is 0 Å². The van der Waals surface area contributed by atoms with Crippen molar-refractivity contribution in [1.29, 1.82) is 0 Å². The highest BCUT2D eigenvalue weighted by molar-refractivity contribution is 4.80. The molecule has 3 aliphatic rings. The van der Waals surface area contributed by atoms with E-state index >= 15 is 0 Å². The van der Waals surface area contributed by atoms with E-state index in [1.54, 1.807) is 0 Å². The molecule has 0 N–H and O–H groups in total. The zero-order valence-electron chi connectivity index (χ0n) is 14.6. The summed E-state index contributed by atoms with van der Waals surface area (Å²) in [6, 6.07) is 0.939. The summed E-state index contributed by atoms with van der Waals surface area (Å²) in [5.41, 5.74) is 0. The third-order valence-corrected chi connectivity index (χ3v) is 7.21. The minimum atomic E-state index is 0.136. The molecule has 128 valence electrons. The summed E-state index contributed by atoms with van der Waals surface area (Å²) in [7, 11) is 0. The van der Waals surface area contributed by atoms with Crippen molar-refractivity contribution in [2.75, 3.05) is 26.2 Å². The molecule has 0 aromatic heterocycles. The van der Waals surface area contributed by atoms with Crippen molar-refractivity contribution < 1.29 is 9.59 Å². The normalized spacial score (nSPS) is 35.0. The number of unbranched alkanes of at least 4 members (excludes halogenated alkanes) is 1. The molecule has 1 heterocycles. The summed E-state index contributed by atoms with van der Waals surface area (Å²) in [4.78, 5) is 0. The Morgan fingerprint density at radius 3 is 2.09 bits per heavy atom. The van der Waals surface area contributed by atoms with Gasteiger partial charge in [0.25, 0.3) is 0 Å². The average Bonchev–Trinajstić information content (AvgIpc) is 3.03. The van der Waals surface area contributed by atoms with Crippen LogP contribution in [0, 0.1) is 11.8 Å². The van der Waals surface area contributed by atoms with Gasteiger partial charge in [0.1, 0.15) is 0 Å². The Kier molecular flexibility index (Phi) is 6.21. The van der Waals surface area contributed by atoms with Gasteiger partial charge in [-0.05, 0) is 50.9 Å². The van der Waals surface area contributed by atoms with Gasteiger partial charge >= 0.3 is 0 Å². The standard InChI is InChI=1S/C20H37NO/c22-16-8-7-14-21(20-11-5-2-6-12-20)15-13-19(17-21)18-9-3-1-4-10-18/h18-20H,1-17H2. The predicted molar refractivity (Wildman–Crippen MR) is 90.5 cm³/mol. The van der Waals surface area contributed by atoms with Crippen LogP contribution in [0.1, 0.15) is 83.5 Å². The molecule has 2 nitrogen and oxygen atoms in total. The summed E-state index contributed by atoms with van der Waals surface area (Å²) >= 11 is 0. The molecule has 2 atom stereocenters. The van der Waals surface area contributed by atoms with E-state index in [1.165, 1.54) is 101 Å². The lowest BCUT2D eigenvalue weighted by atomic mass is 9.79. The third-order valence-electron chi connectivity index (χ3n) is 7.21. The summed E-state index contributed by atoms with van der Waals surface area (Å²) < 4.78 is 1.42. The molecule has 2 aliphatic carbocycles. The topological polar surface area (TPSA) is 23.1 Å². The van der Waals surface area contributed by atoms with Crippen LogP contribution in [0.3, 0.4) is 0 Å². The molecule has 0 amide bonds. The molecule has 3 fully saturated rings. The molecule has 2 saturated carbocycles. The molecular weight excluding hydrogens is 270 g/mol. The first-order valence-electron chi connectivity index (χ1n) is 10.3. The van der Waals surface area contributed by atoms with E-state index in [0.29, 0.717) is 0 Å². The number of hydrogen-bond acceptors (Lipinski definition) is 1. The Balaban J connectivity index is 1.63. The molecule has 0 aromatic carbocycles. The van der Waals surface area contributed by atoms with Crippen molar-refractivity contribution in [3.05, 3.63) is 0 Å². The van der Waals surface area contributed by atoms with Gasteiger partial charge in [-0.3, -0.25) is 0 Å². The largest absolute Gasteiger partial charge is 0.854 e. The smallest absolute Gasteiger partial charge is 0.0890 e. The monoisotopic (exact) mass is 307 g/mol. The molecule has 3 rings (SSSR count). The van der Waals surface area contributed by atoms with E-state index in [-0.39, 0.29) is 6.61 Å². The van der Waals surface area contributed by atoms with Crippen LogP contribution >= 0.6 is 0 Å². The first-order valence-corrected chi connectivity index (χ1v) is 10.3. The fourth-order valence-corrected chi connectivity index (χ4v) is 5.94.